The van der Waals surface area contributed by atoms with Gasteiger partial charge in [0.15, 0.2) is 0 Å². The summed E-state index contributed by atoms with van der Waals surface area (Å²) < 4.78 is 0. The lowest BCUT2D eigenvalue weighted by Gasteiger charge is -2.19. The van der Waals surface area contributed by atoms with Crippen LogP contribution in [0.4, 0.5) is 0 Å². The first-order chi connectivity index (χ1) is 4.48. The zero-order chi connectivity index (χ0) is 8.20. The van der Waals surface area contributed by atoms with Crippen LogP contribution < -0.4 is 5.73 Å². The van der Waals surface area contributed by atoms with Gasteiger partial charge in [0.05, 0.1) is 0 Å². The molecule has 60 valence electrons. The normalized spacial score (nSPS) is 13.9. The summed E-state index contributed by atoms with van der Waals surface area (Å²) in [5.41, 5.74) is 7.12. The molecule has 0 radical (unpaired) electrons. The van der Waals surface area contributed by atoms with Crippen LogP contribution in [0.15, 0.2) is 11.6 Å². The van der Waals surface area contributed by atoms with Gasteiger partial charge in [-0.05, 0) is 25.3 Å². The van der Waals surface area contributed by atoms with Crippen molar-refractivity contribution in [3.8, 4) is 0 Å². The fourth-order valence-corrected chi connectivity index (χ4v) is 0.606. The van der Waals surface area contributed by atoms with Gasteiger partial charge in [-0.3, -0.25) is 0 Å². The Bertz CT molecular complexity index is 117. The number of nitrogens with two attached hydrogens (primary N) is 1. The van der Waals surface area contributed by atoms with Crippen molar-refractivity contribution < 1.29 is 0 Å². The summed E-state index contributed by atoms with van der Waals surface area (Å²) >= 11 is 0. The van der Waals surface area contributed by atoms with Crippen LogP contribution in [0.1, 0.15) is 34.1 Å². The summed E-state index contributed by atoms with van der Waals surface area (Å²) in [7, 11) is 0. The van der Waals surface area contributed by atoms with Crippen LogP contribution in [0.2, 0.25) is 0 Å². The predicted octanol–water partition coefficient (Wildman–Crippen LogP) is 2.33. The zero-order valence-electron chi connectivity index (χ0n) is 7.57. The zero-order valence-corrected chi connectivity index (χ0v) is 7.57. The topological polar surface area (TPSA) is 26.0 Å². The van der Waals surface area contributed by atoms with E-state index in [0.29, 0.717) is 5.41 Å². The molecule has 0 aliphatic heterocycles. The van der Waals surface area contributed by atoms with Gasteiger partial charge in [0.2, 0.25) is 0 Å². The van der Waals surface area contributed by atoms with E-state index in [1.165, 1.54) is 5.57 Å². The van der Waals surface area contributed by atoms with E-state index in [1.807, 2.05) is 0 Å². The van der Waals surface area contributed by atoms with Gasteiger partial charge in [0.1, 0.15) is 0 Å². The Morgan fingerprint density at radius 1 is 1.40 bits per heavy atom. The maximum Gasteiger partial charge on any atom is -0.00425 e. The third kappa shape index (κ3) is 3.67. The third-order valence-corrected chi connectivity index (χ3v) is 1.80. The Hall–Kier alpha value is -0.300. The first-order valence-electron chi connectivity index (χ1n) is 3.86. The largest absolute Gasteiger partial charge is 0.330 e. The Balaban J connectivity index is 3.93. The molecule has 1 heteroatoms. The molecule has 0 heterocycles. The molecule has 0 spiro atoms. The van der Waals surface area contributed by atoms with Crippen LogP contribution in [0.5, 0.6) is 0 Å². The van der Waals surface area contributed by atoms with Crippen molar-refractivity contribution in [1.82, 2.24) is 0 Å². The van der Waals surface area contributed by atoms with E-state index in [0.717, 1.165) is 13.0 Å². The van der Waals surface area contributed by atoms with Gasteiger partial charge in [-0.1, -0.05) is 32.4 Å². The molecular formula is C9H19N. The average molecular weight is 141 g/mol. The van der Waals surface area contributed by atoms with Crippen molar-refractivity contribution in [3.05, 3.63) is 11.6 Å². The van der Waals surface area contributed by atoms with Gasteiger partial charge >= 0.3 is 0 Å². The molecule has 0 atom stereocenters. The minimum Gasteiger partial charge on any atom is -0.330 e. The first kappa shape index (κ1) is 9.70. The lowest BCUT2D eigenvalue weighted by atomic mass is 9.87. The van der Waals surface area contributed by atoms with Crippen molar-refractivity contribution in [2.75, 3.05) is 6.54 Å². The highest BCUT2D eigenvalue weighted by atomic mass is 14.5. The molecule has 0 unspecified atom stereocenters. The molecule has 0 aliphatic rings. The second-order valence-electron chi connectivity index (χ2n) is 3.71. The molecule has 0 saturated carbocycles. The van der Waals surface area contributed by atoms with Gasteiger partial charge in [-0.15, -0.1) is 0 Å². The fourth-order valence-electron chi connectivity index (χ4n) is 0.606. The molecule has 0 aromatic heterocycles. The lowest BCUT2D eigenvalue weighted by Crippen LogP contribution is -2.07. The van der Waals surface area contributed by atoms with Crippen molar-refractivity contribution in [2.45, 2.75) is 34.1 Å². The molecule has 0 aromatic carbocycles. The van der Waals surface area contributed by atoms with Crippen molar-refractivity contribution >= 4 is 0 Å². The highest BCUT2D eigenvalue weighted by molar-refractivity contribution is 5.07. The molecule has 1 nitrogen and oxygen atoms in total. The van der Waals surface area contributed by atoms with E-state index >= 15 is 0 Å². The van der Waals surface area contributed by atoms with Crippen LogP contribution >= 0.6 is 0 Å². The van der Waals surface area contributed by atoms with Crippen LogP contribution in [-0.2, 0) is 0 Å². The molecule has 0 amide bonds. The second-order valence-corrected chi connectivity index (χ2v) is 3.71. The average Bonchev–Trinajstić information content (AvgIpc) is 1.80. The van der Waals surface area contributed by atoms with Crippen molar-refractivity contribution in [3.63, 3.8) is 0 Å². The minimum atomic E-state index is 0.315. The van der Waals surface area contributed by atoms with E-state index in [-0.39, 0.29) is 0 Å². The summed E-state index contributed by atoms with van der Waals surface area (Å²) in [6.45, 7) is 9.57. The molecular weight excluding hydrogens is 122 g/mol. The van der Waals surface area contributed by atoms with Crippen LogP contribution in [0.25, 0.3) is 0 Å². The molecule has 0 aliphatic carbocycles. The second kappa shape index (κ2) is 3.77. The predicted molar refractivity (Wildman–Crippen MR) is 46.9 cm³/mol. The van der Waals surface area contributed by atoms with E-state index in [9.17, 15) is 0 Å². The summed E-state index contributed by atoms with van der Waals surface area (Å²) in [6, 6.07) is 0. The highest BCUT2D eigenvalue weighted by Crippen LogP contribution is 2.24. The molecule has 0 rings (SSSR count). The van der Waals surface area contributed by atoms with E-state index in [1.54, 1.807) is 0 Å². The number of allylic oxidation sites excluding steroid dienone is 1. The SMILES string of the molecule is C/C(=C\CCN)C(C)(C)C. The smallest absolute Gasteiger partial charge is 0.00425 e. The minimum absolute atomic E-state index is 0.315. The first-order valence-corrected chi connectivity index (χ1v) is 3.86. The van der Waals surface area contributed by atoms with Crippen LogP contribution in [0, 0.1) is 5.41 Å². The molecule has 0 saturated heterocycles. The quantitative estimate of drug-likeness (QED) is 0.587. The summed E-state index contributed by atoms with van der Waals surface area (Å²) in [4.78, 5) is 0. The number of hydrogen-bond acceptors (Lipinski definition) is 1. The molecule has 2 N–H and O–H groups in total. The van der Waals surface area contributed by atoms with Gasteiger partial charge in [-0.25, -0.2) is 0 Å². The van der Waals surface area contributed by atoms with Gasteiger partial charge < -0.3 is 5.73 Å². The summed E-state index contributed by atoms with van der Waals surface area (Å²) in [5.74, 6) is 0. The van der Waals surface area contributed by atoms with Gasteiger partial charge in [0, 0.05) is 0 Å². The number of hydrogen-bond donors (Lipinski definition) is 1. The van der Waals surface area contributed by atoms with E-state index in [2.05, 4.69) is 33.8 Å². The maximum atomic E-state index is 5.38. The van der Waals surface area contributed by atoms with Crippen molar-refractivity contribution in [2.24, 2.45) is 11.1 Å². The molecule has 0 fully saturated rings. The Morgan fingerprint density at radius 3 is 2.20 bits per heavy atom. The maximum absolute atomic E-state index is 5.38. The molecule has 10 heavy (non-hydrogen) atoms. The summed E-state index contributed by atoms with van der Waals surface area (Å²) in [6.07, 6.45) is 3.23. The Morgan fingerprint density at radius 2 is 1.90 bits per heavy atom. The Kier molecular flexibility index (Phi) is 3.66. The number of rotatable bonds is 2. The molecule has 0 bridgehead atoms. The van der Waals surface area contributed by atoms with Gasteiger partial charge in [-0.2, -0.15) is 0 Å². The third-order valence-electron chi connectivity index (χ3n) is 1.80. The highest BCUT2D eigenvalue weighted by Gasteiger charge is 2.10. The molecule has 0 aromatic rings. The van der Waals surface area contributed by atoms with Crippen LogP contribution in [0.3, 0.4) is 0 Å². The standard InChI is InChI=1S/C9H19N/c1-8(6-5-7-10)9(2,3)4/h6H,5,7,10H2,1-4H3/b8-6+. The Labute approximate surface area is 64.3 Å². The fraction of sp³-hybridized carbons (Fsp3) is 0.778. The van der Waals surface area contributed by atoms with E-state index < -0.39 is 0 Å². The van der Waals surface area contributed by atoms with Gasteiger partial charge in [0.25, 0.3) is 0 Å². The lowest BCUT2D eigenvalue weighted by molar-refractivity contribution is 0.501. The van der Waals surface area contributed by atoms with Crippen molar-refractivity contribution in [1.29, 1.82) is 0 Å². The monoisotopic (exact) mass is 141 g/mol. The summed E-state index contributed by atoms with van der Waals surface area (Å²) in [5, 5.41) is 0. The van der Waals surface area contributed by atoms with E-state index in [4.69, 9.17) is 5.73 Å². The van der Waals surface area contributed by atoms with Crippen LogP contribution in [-0.4, -0.2) is 6.54 Å².